The van der Waals surface area contributed by atoms with Gasteiger partial charge in [-0.05, 0) is 32.0 Å². The highest BCUT2D eigenvalue weighted by atomic mass is 32.1. The number of aryl methyl sites for hydroxylation is 1. The first-order chi connectivity index (χ1) is 11.7. The molecule has 1 aromatic carbocycles. The Morgan fingerprint density at radius 2 is 1.96 bits per heavy atom. The van der Waals surface area contributed by atoms with Crippen LogP contribution >= 0.6 is 11.3 Å². The summed E-state index contributed by atoms with van der Waals surface area (Å²) in [7, 11) is 0. The van der Waals surface area contributed by atoms with Crippen molar-refractivity contribution in [3.8, 4) is 5.69 Å². The van der Waals surface area contributed by atoms with E-state index in [1.54, 1.807) is 17.1 Å². The van der Waals surface area contributed by atoms with Gasteiger partial charge in [0.1, 0.15) is 15.9 Å². The van der Waals surface area contributed by atoms with Gasteiger partial charge in [-0.25, -0.2) is 9.97 Å². The molecule has 0 saturated heterocycles. The standard InChI is InChI=1S/C18H16N4OS/c1-3-19-13-8-9-20-17-14(13)15-16(24-17)18(23)22(10-21-15)12-6-4-11(2)5-7-12/h4-10H,3H2,1-2H3,(H,19,20). The molecule has 0 spiro atoms. The normalized spacial score (nSPS) is 11.2. The van der Waals surface area contributed by atoms with Crippen molar-refractivity contribution < 1.29 is 0 Å². The van der Waals surface area contributed by atoms with E-state index in [4.69, 9.17) is 0 Å². The number of benzene rings is 1. The van der Waals surface area contributed by atoms with Crippen molar-refractivity contribution in [3.05, 3.63) is 58.8 Å². The van der Waals surface area contributed by atoms with Crippen molar-refractivity contribution in [2.24, 2.45) is 0 Å². The van der Waals surface area contributed by atoms with E-state index in [9.17, 15) is 4.79 Å². The molecule has 0 atom stereocenters. The van der Waals surface area contributed by atoms with Gasteiger partial charge in [0.05, 0.1) is 16.6 Å². The van der Waals surface area contributed by atoms with Crippen molar-refractivity contribution in [1.82, 2.24) is 14.5 Å². The third-order valence-electron chi connectivity index (χ3n) is 3.96. The van der Waals surface area contributed by atoms with E-state index >= 15 is 0 Å². The van der Waals surface area contributed by atoms with Crippen LogP contribution < -0.4 is 10.9 Å². The molecule has 4 aromatic rings. The molecule has 3 heterocycles. The molecule has 5 nitrogen and oxygen atoms in total. The lowest BCUT2D eigenvalue weighted by atomic mass is 10.2. The Kier molecular flexibility index (Phi) is 3.54. The number of pyridine rings is 1. The quantitative estimate of drug-likeness (QED) is 0.619. The van der Waals surface area contributed by atoms with E-state index < -0.39 is 0 Å². The smallest absolute Gasteiger partial charge is 0.275 e. The molecule has 3 aromatic heterocycles. The van der Waals surface area contributed by atoms with Crippen LogP contribution in [0.4, 0.5) is 5.69 Å². The molecule has 1 N–H and O–H groups in total. The molecule has 6 heteroatoms. The molecule has 0 aliphatic carbocycles. The SMILES string of the molecule is CCNc1ccnc2sc3c(=O)n(-c4ccc(C)cc4)cnc3c12. The molecule has 24 heavy (non-hydrogen) atoms. The molecule has 0 radical (unpaired) electrons. The summed E-state index contributed by atoms with van der Waals surface area (Å²) in [6.45, 7) is 4.86. The summed E-state index contributed by atoms with van der Waals surface area (Å²) in [6.07, 6.45) is 3.36. The summed E-state index contributed by atoms with van der Waals surface area (Å²) in [6, 6.07) is 9.76. The van der Waals surface area contributed by atoms with Crippen molar-refractivity contribution >= 4 is 37.5 Å². The molecule has 4 rings (SSSR count). The summed E-state index contributed by atoms with van der Waals surface area (Å²) < 4.78 is 2.22. The molecule has 0 aliphatic rings. The molecule has 0 aliphatic heterocycles. The zero-order valence-electron chi connectivity index (χ0n) is 13.4. The Bertz CT molecular complexity index is 1100. The predicted molar refractivity (Wildman–Crippen MR) is 99.4 cm³/mol. The number of anilines is 1. The second-order valence-electron chi connectivity index (χ2n) is 5.60. The molecule has 0 amide bonds. The first kappa shape index (κ1) is 14.8. The van der Waals surface area contributed by atoms with E-state index in [1.165, 1.54) is 11.3 Å². The summed E-state index contributed by atoms with van der Waals surface area (Å²) in [5.41, 5.74) is 3.59. The maximum atomic E-state index is 12.9. The van der Waals surface area contributed by atoms with Crippen LogP contribution in [-0.4, -0.2) is 21.1 Å². The first-order valence-electron chi connectivity index (χ1n) is 7.79. The van der Waals surface area contributed by atoms with Crippen LogP contribution in [0.15, 0.2) is 47.7 Å². The van der Waals surface area contributed by atoms with Crippen LogP contribution in [0.1, 0.15) is 12.5 Å². The van der Waals surface area contributed by atoms with Crippen LogP contribution in [0.5, 0.6) is 0 Å². The van der Waals surface area contributed by atoms with Gasteiger partial charge in [-0.1, -0.05) is 17.7 Å². The average molecular weight is 336 g/mol. The van der Waals surface area contributed by atoms with Gasteiger partial charge in [-0.2, -0.15) is 0 Å². The Morgan fingerprint density at radius 1 is 1.17 bits per heavy atom. The minimum Gasteiger partial charge on any atom is -0.385 e. The Hall–Kier alpha value is -2.73. The summed E-state index contributed by atoms with van der Waals surface area (Å²) in [4.78, 5) is 22.7. The predicted octanol–water partition coefficient (Wildman–Crippen LogP) is 3.74. The number of rotatable bonds is 3. The number of fused-ring (bicyclic) bond motifs is 3. The monoisotopic (exact) mass is 336 g/mol. The zero-order chi connectivity index (χ0) is 16.7. The van der Waals surface area contributed by atoms with Gasteiger partial charge in [-0.3, -0.25) is 9.36 Å². The number of nitrogens with one attached hydrogen (secondary N) is 1. The molecular weight excluding hydrogens is 320 g/mol. The largest absolute Gasteiger partial charge is 0.385 e. The van der Waals surface area contributed by atoms with Gasteiger partial charge in [-0.15, -0.1) is 11.3 Å². The minimum atomic E-state index is -0.0608. The Labute approximate surface area is 142 Å². The average Bonchev–Trinajstić information content (AvgIpc) is 2.97. The van der Waals surface area contributed by atoms with Crippen molar-refractivity contribution in [2.75, 3.05) is 11.9 Å². The number of nitrogens with zero attached hydrogens (tertiary/aromatic N) is 3. The third kappa shape index (κ3) is 2.27. The van der Waals surface area contributed by atoms with Crippen LogP contribution in [0.2, 0.25) is 0 Å². The number of hydrogen-bond acceptors (Lipinski definition) is 5. The topological polar surface area (TPSA) is 59.8 Å². The summed E-state index contributed by atoms with van der Waals surface area (Å²) >= 11 is 1.39. The molecule has 0 fully saturated rings. The third-order valence-corrected chi connectivity index (χ3v) is 5.04. The van der Waals surface area contributed by atoms with Gasteiger partial charge in [0, 0.05) is 18.4 Å². The fourth-order valence-corrected chi connectivity index (χ4v) is 3.83. The van der Waals surface area contributed by atoms with Gasteiger partial charge >= 0.3 is 0 Å². The summed E-state index contributed by atoms with van der Waals surface area (Å²) in [5, 5.41) is 4.24. The maximum Gasteiger partial charge on any atom is 0.275 e. The van der Waals surface area contributed by atoms with E-state index in [-0.39, 0.29) is 5.56 Å². The van der Waals surface area contributed by atoms with Crippen molar-refractivity contribution in [1.29, 1.82) is 0 Å². The Morgan fingerprint density at radius 3 is 2.71 bits per heavy atom. The summed E-state index contributed by atoms with van der Waals surface area (Å²) in [5.74, 6) is 0. The lowest BCUT2D eigenvalue weighted by Crippen LogP contribution is -2.17. The van der Waals surface area contributed by atoms with Crippen LogP contribution in [-0.2, 0) is 0 Å². The minimum absolute atomic E-state index is 0.0608. The van der Waals surface area contributed by atoms with Gasteiger partial charge in [0.25, 0.3) is 5.56 Å². The first-order valence-corrected chi connectivity index (χ1v) is 8.60. The highest BCUT2D eigenvalue weighted by Crippen LogP contribution is 2.34. The van der Waals surface area contributed by atoms with E-state index in [0.717, 1.165) is 33.7 Å². The number of hydrogen-bond donors (Lipinski definition) is 1. The van der Waals surface area contributed by atoms with E-state index in [0.29, 0.717) is 10.2 Å². The zero-order valence-corrected chi connectivity index (χ0v) is 14.2. The molecule has 0 saturated carbocycles. The van der Waals surface area contributed by atoms with Crippen LogP contribution in [0, 0.1) is 6.92 Å². The van der Waals surface area contributed by atoms with Crippen LogP contribution in [0.3, 0.4) is 0 Å². The highest BCUT2D eigenvalue weighted by molar-refractivity contribution is 7.25. The number of aromatic nitrogens is 3. The molecule has 0 bridgehead atoms. The highest BCUT2D eigenvalue weighted by Gasteiger charge is 2.15. The second-order valence-corrected chi connectivity index (χ2v) is 6.60. The lowest BCUT2D eigenvalue weighted by molar-refractivity contribution is 0.966. The van der Waals surface area contributed by atoms with Crippen LogP contribution in [0.25, 0.3) is 26.1 Å². The maximum absolute atomic E-state index is 12.9. The van der Waals surface area contributed by atoms with Gasteiger partial charge in [0.15, 0.2) is 0 Å². The lowest BCUT2D eigenvalue weighted by Gasteiger charge is -2.06. The molecule has 0 unspecified atom stereocenters. The molecular formula is C18H16N4OS. The Balaban J connectivity index is 2.00. The van der Waals surface area contributed by atoms with Crippen molar-refractivity contribution in [3.63, 3.8) is 0 Å². The fraction of sp³-hybridized carbons (Fsp3) is 0.167. The van der Waals surface area contributed by atoms with E-state index in [2.05, 4.69) is 15.3 Å². The van der Waals surface area contributed by atoms with E-state index in [1.807, 2.05) is 44.2 Å². The number of thiophene rings is 1. The van der Waals surface area contributed by atoms with Gasteiger partial charge < -0.3 is 5.32 Å². The molecule has 120 valence electrons. The fourth-order valence-electron chi connectivity index (χ4n) is 2.78. The van der Waals surface area contributed by atoms with Gasteiger partial charge in [0.2, 0.25) is 0 Å². The second kappa shape index (κ2) is 5.72. The van der Waals surface area contributed by atoms with Crippen molar-refractivity contribution in [2.45, 2.75) is 13.8 Å².